The van der Waals surface area contributed by atoms with Crippen LogP contribution in [0.15, 0.2) is 121 Å². The second kappa shape index (κ2) is 9.91. The molecule has 0 amide bonds. The van der Waals surface area contributed by atoms with E-state index in [-0.39, 0.29) is 10.8 Å². The van der Waals surface area contributed by atoms with Crippen LogP contribution in [0.5, 0.6) is 0 Å². The van der Waals surface area contributed by atoms with Gasteiger partial charge in [-0.2, -0.15) is 0 Å². The van der Waals surface area contributed by atoms with Gasteiger partial charge >= 0.3 is 0 Å². The molecule has 224 valence electrons. The summed E-state index contributed by atoms with van der Waals surface area (Å²) in [5.41, 5.74) is 22.6. The summed E-state index contributed by atoms with van der Waals surface area (Å²) in [4.78, 5) is 0. The van der Waals surface area contributed by atoms with Crippen LogP contribution in [-0.4, -0.2) is 0 Å². The van der Waals surface area contributed by atoms with Crippen molar-refractivity contribution < 1.29 is 0 Å². The zero-order chi connectivity index (χ0) is 31.2. The first-order chi connectivity index (χ1) is 22.3. The van der Waals surface area contributed by atoms with Crippen molar-refractivity contribution in [3.8, 4) is 44.5 Å². The van der Waals surface area contributed by atoms with Crippen LogP contribution in [0, 0.1) is 0 Å². The maximum absolute atomic E-state index is 2.49. The smallest absolute Gasteiger partial charge is 0.0159 e. The molecule has 0 N–H and O–H groups in total. The number of aryl methyl sites for hydroxylation is 4. The minimum atomic E-state index is 0.00768. The van der Waals surface area contributed by atoms with Crippen LogP contribution in [0.3, 0.4) is 0 Å². The Kier molecular flexibility index (Phi) is 5.95. The van der Waals surface area contributed by atoms with Crippen molar-refractivity contribution in [2.45, 2.75) is 64.2 Å². The van der Waals surface area contributed by atoms with Crippen molar-refractivity contribution in [3.05, 3.63) is 166 Å². The van der Waals surface area contributed by atoms with Gasteiger partial charge in [-0.15, -0.1) is 0 Å². The summed E-state index contributed by atoms with van der Waals surface area (Å²) >= 11 is 0. The molecule has 0 heterocycles. The molecule has 6 aromatic carbocycles. The Balaban J connectivity index is 1.08. The summed E-state index contributed by atoms with van der Waals surface area (Å²) in [5, 5.41) is 0. The van der Waals surface area contributed by atoms with Crippen LogP contribution in [-0.2, 0) is 36.5 Å². The highest BCUT2D eigenvalue weighted by Gasteiger charge is 2.36. The fourth-order valence-corrected chi connectivity index (χ4v) is 8.83. The highest BCUT2D eigenvalue weighted by Crippen LogP contribution is 2.51. The van der Waals surface area contributed by atoms with Crippen molar-refractivity contribution >= 4 is 0 Å². The van der Waals surface area contributed by atoms with E-state index in [4.69, 9.17) is 0 Å². The lowest BCUT2D eigenvalue weighted by molar-refractivity contribution is 0.660. The number of hydrogen-bond acceptors (Lipinski definition) is 0. The number of benzene rings is 6. The Labute approximate surface area is 273 Å². The molecule has 0 unspecified atom stereocenters. The molecule has 6 aromatic rings. The molecule has 0 heteroatoms. The SMILES string of the molecule is CC1(C)c2ccccc2-c2ccc(-c3cc4ccc3CCc3ccc(c(-c5ccc6c(c5)C(C)(C)c5ccccc5-6)c3)CC4)cc21. The molecule has 12 rings (SSSR count). The van der Waals surface area contributed by atoms with Crippen molar-refractivity contribution in [3.63, 3.8) is 0 Å². The van der Waals surface area contributed by atoms with E-state index in [0.717, 1.165) is 25.7 Å². The minimum Gasteiger partial charge on any atom is -0.0619 e. The molecular weight excluding hydrogens is 553 g/mol. The molecule has 0 radical (unpaired) electrons. The second-order valence-electron chi connectivity index (χ2n) is 14.8. The molecule has 0 aromatic heterocycles. The largest absolute Gasteiger partial charge is 0.0619 e. The molecule has 0 spiro atoms. The third kappa shape index (κ3) is 4.06. The maximum atomic E-state index is 2.49. The second-order valence-corrected chi connectivity index (χ2v) is 14.8. The van der Waals surface area contributed by atoms with Crippen molar-refractivity contribution in [1.82, 2.24) is 0 Å². The molecule has 6 aliphatic carbocycles. The fourth-order valence-electron chi connectivity index (χ4n) is 8.83. The standard InChI is InChI=1S/C46H40/c1-45(2)41-11-7-5-9-35(41)37-23-21-33(27-43(37)45)39-25-29-13-17-31(39)19-15-30-14-18-32(20-16-29)40(26-30)34-22-24-38-36-10-6-8-12-42(36)46(3,4)44(38)28-34/h5-14,17-18,21-28H,15-16,19-20H2,1-4H3. The van der Waals surface area contributed by atoms with Crippen LogP contribution in [0.1, 0.15) is 72.2 Å². The Morgan fingerprint density at radius 3 is 1.22 bits per heavy atom. The summed E-state index contributed by atoms with van der Waals surface area (Å²) in [5.74, 6) is 0. The first-order valence-corrected chi connectivity index (χ1v) is 17.0. The molecule has 0 saturated carbocycles. The maximum Gasteiger partial charge on any atom is 0.0159 e. The zero-order valence-electron chi connectivity index (χ0n) is 27.4. The van der Waals surface area contributed by atoms with Gasteiger partial charge in [-0.05, 0) is 127 Å². The van der Waals surface area contributed by atoms with Gasteiger partial charge in [-0.1, -0.05) is 137 Å². The van der Waals surface area contributed by atoms with Crippen LogP contribution < -0.4 is 0 Å². The van der Waals surface area contributed by atoms with E-state index in [1.165, 1.54) is 89.0 Å². The average molecular weight is 593 g/mol. The lowest BCUT2D eigenvalue weighted by atomic mass is 9.80. The van der Waals surface area contributed by atoms with Crippen LogP contribution in [0.4, 0.5) is 0 Å². The van der Waals surface area contributed by atoms with Crippen LogP contribution in [0.2, 0.25) is 0 Å². The van der Waals surface area contributed by atoms with E-state index in [9.17, 15) is 0 Å². The normalized spacial score (nSPS) is 16.3. The van der Waals surface area contributed by atoms with Crippen molar-refractivity contribution in [1.29, 1.82) is 0 Å². The minimum absolute atomic E-state index is 0.00768. The fraction of sp³-hybridized carbons (Fsp3) is 0.217. The number of rotatable bonds is 2. The molecule has 4 bridgehead atoms. The van der Waals surface area contributed by atoms with E-state index in [1.807, 2.05) is 0 Å². The molecule has 0 fully saturated rings. The highest BCUT2D eigenvalue weighted by molar-refractivity contribution is 5.85. The summed E-state index contributed by atoms with van der Waals surface area (Å²) in [6, 6.07) is 46.9. The molecule has 0 aliphatic heterocycles. The summed E-state index contributed by atoms with van der Waals surface area (Å²) in [7, 11) is 0. The van der Waals surface area contributed by atoms with E-state index >= 15 is 0 Å². The highest BCUT2D eigenvalue weighted by atomic mass is 14.4. The van der Waals surface area contributed by atoms with Gasteiger partial charge in [-0.3, -0.25) is 0 Å². The van der Waals surface area contributed by atoms with Gasteiger partial charge in [0, 0.05) is 10.8 Å². The predicted octanol–water partition coefficient (Wildman–Crippen LogP) is 11.5. The van der Waals surface area contributed by atoms with Gasteiger partial charge in [0.1, 0.15) is 0 Å². The topological polar surface area (TPSA) is 0 Å². The van der Waals surface area contributed by atoms with Crippen LogP contribution >= 0.6 is 0 Å². The van der Waals surface area contributed by atoms with E-state index in [2.05, 4.69) is 149 Å². The number of fused-ring (bicyclic) bond motifs is 6. The Morgan fingerprint density at radius 1 is 0.348 bits per heavy atom. The Bertz CT molecular complexity index is 2050. The number of hydrogen-bond donors (Lipinski definition) is 0. The average Bonchev–Trinajstić information content (AvgIpc) is 3.45. The molecule has 46 heavy (non-hydrogen) atoms. The Hall–Kier alpha value is -4.68. The van der Waals surface area contributed by atoms with Crippen LogP contribution in [0.25, 0.3) is 44.5 Å². The summed E-state index contributed by atoms with van der Waals surface area (Å²) in [6.45, 7) is 9.53. The summed E-state index contributed by atoms with van der Waals surface area (Å²) < 4.78 is 0. The molecule has 0 atom stereocenters. The van der Waals surface area contributed by atoms with E-state index in [0.29, 0.717) is 0 Å². The van der Waals surface area contributed by atoms with Gasteiger partial charge < -0.3 is 0 Å². The lowest BCUT2D eigenvalue weighted by Crippen LogP contribution is -2.15. The first kappa shape index (κ1) is 27.6. The summed E-state index contributed by atoms with van der Waals surface area (Å²) in [6.07, 6.45) is 4.12. The molecule has 0 saturated heterocycles. The quantitative estimate of drug-likeness (QED) is 0.188. The van der Waals surface area contributed by atoms with Gasteiger partial charge in [0.05, 0.1) is 0 Å². The monoisotopic (exact) mass is 592 g/mol. The lowest BCUT2D eigenvalue weighted by Gasteiger charge is -2.23. The van der Waals surface area contributed by atoms with Gasteiger partial charge in [0.2, 0.25) is 0 Å². The van der Waals surface area contributed by atoms with Gasteiger partial charge in [0.15, 0.2) is 0 Å². The molecule has 0 nitrogen and oxygen atoms in total. The third-order valence-electron chi connectivity index (χ3n) is 11.5. The van der Waals surface area contributed by atoms with E-state index in [1.54, 1.807) is 0 Å². The van der Waals surface area contributed by atoms with Crippen molar-refractivity contribution in [2.75, 3.05) is 0 Å². The zero-order valence-corrected chi connectivity index (χ0v) is 27.4. The van der Waals surface area contributed by atoms with E-state index < -0.39 is 0 Å². The predicted molar refractivity (Wildman–Crippen MR) is 194 cm³/mol. The van der Waals surface area contributed by atoms with Crippen molar-refractivity contribution in [2.24, 2.45) is 0 Å². The Morgan fingerprint density at radius 2 is 0.761 bits per heavy atom. The van der Waals surface area contributed by atoms with Gasteiger partial charge in [0.25, 0.3) is 0 Å². The molecule has 6 aliphatic rings. The third-order valence-corrected chi connectivity index (χ3v) is 11.5. The molecular formula is C46H40. The van der Waals surface area contributed by atoms with Gasteiger partial charge in [-0.25, -0.2) is 0 Å². The first-order valence-electron chi connectivity index (χ1n) is 17.0.